The molecule has 3 aromatic carbocycles. The zero-order valence-corrected chi connectivity index (χ0v) is 19.4. The average Bonchev–Trinajstić information content (AvgIpc) is 3.24. The number of hydrogen-bond acceptors (Lipinski definition) is 6. The second-order valence-corrected chi connectivity index (χ2v) is 8.46. The molecule has 4 aromatic rings. The fraction of sp³-hybridized carbons (Fsp3) is 0.0800. The number of halogens is 2. The number of ether oxygens (including phenoxy) is 2. The van der Waals surface area contributed by atoms with E-state index in [4.69, 9.17) is 21.1 Å². The van der Waals surface area contributed by atoms with Crippen LogP contribution in [-0.4, -0.2) is 18.0 Å². The number of carbonyl (C=O) groups excluding carboxylic acids is 1. The summed E-state index contributed by atoms with van der Waals surface area (Å²) in [5.74, 6) is -0.493. The third kappa shape index (κ3) is 5.17. The minimum absolute atomic E-state index is 0.0496. The van der Waals surface area contributed by atoms with Gasteiger partial charge in [0.15, 0.2) is 16.6 Å². The number of benzene rings is 3. The monoisotopic (exact) mass is 493 g/mol. The van der Waals surface area contributed by atoms with E-state index >= 15 is 0 Å². The smallest absolute Gasteiger partial charge is 0.268 e. The minimum atomic E-state index is -0.600. The Morgan fingerprint density at radius 3 is 2.74 bits per heavy atom. The highest BCUT2D eigenvalue weighted by molar-refractivity contribution is 7.22. The van der Waals surface area contributed by atoms with Crippen LogP contribution in [0.5, 0.6) is 11.5 Å². The van der Waals surface area contributed by atoms with Gasteiger partial charge in [0.25, 0.3) is 5.91 Å². The number of amides is 1. The number of thiazole rings is 1. The van der Waals surface area contributed by atoms with E-state index in [1.165, 1.54) is 36.7 Å². The van der Waals surface area contributed by atoms with Gasteiger partial charge in [0.2, 0.25) is 0 Å². The van der Waals surface area contributed by atoms with Crippen molar-refractivity contribution in [2.75, 3.05) is 12.4 Å². The Kier molecular flexibility index (Phi) is 7.07. The quantitative estimate of drug-likeness (QED) is 0.244. The largest absolute Gasteiger partial charge is 0.493 e. The van der Waals surface area contributed by atoms with Crippen LogP contribution in [-0.2, 0) is 11.4 Å². The standard InChI is InChI=1S/C25H17ClFN3O3S/c1-32-21-12-15(11-18(26)23(21)33-14-16-6-2-3-7-19(16)27)10-17(13-28)24(31)30-25-29-20-8-4-5-9-22(20)34-25/h2-12H,14H2,1H3,(H,29,30,31)/b17-10+. The predicted molar refractivity (Wildman–Crippen MR) is 131 cm³/mol. The van der Waals surface area contributed by atoms with Gasteiger partial charge in [0.05, 0.1) is 22.3 Å². The lowest BCUT2D eigenvalue weighted by molar-refractivity contribution is -0.112. The molecule has 6 nitrogen and oxygen atoms in total. The number of carbonyl (C=O) groups is 1. The number of anilines is 1. The molecule has 0 aliphatic carbocycles. The zero-order valence-electron chi connectivity index (χ0n) is 17.8. The molecular weight excluding hydrogens is 477 g/mol. The molecule has 0 spiro atoms. The van der Waals surface area contributed by atoms with Crippen LogP contribution in [0.15, 0.2) is 66.2 Å². The summed E-state index contributed by atoms with van der Waals surface area (Å²) in [5, 5.41) is 12.8. The van der Waals surface area contributed by atoms with Crippen LogP contribution in [0.2, 0.25) is 5.02 Å². The van der Waals surface area contributed by atoms with E-state index in [0.29, 0.717) is 16.3 Å². The molecule has 1 amide bonds. The van der Waals surface area contributed by atoms with Crippen LogP contribution < -0.4 is 14.8 Å². The molecule has 0 saturated heterocycles. The summed E-state index contributed by atoms with van der Waals surface area (Å²) in [7, 11) is 1.43. The lowest BCUT2D eigenvalue weighted by atomic mass is 10.1. The fourth-order valence-electron chi connectivity index (χ4n) is 3.13. The Bertz CT molecular complexity index is 1410. The number of rotatable bonds is 7. The first-order valence-corrected chi connectivity index (χ1v) is 11.2. The van der Waals surface area contributed by atoms with Gasteiger partial charge < -0.3 is 9.47 Å². The lowest BCUT2D eigenvalue weighted by Gasteiger charge is -2.14. The summed E-state index contributed by atoms with van der Waals surface area (Å²) < 4.78 is 25.9. The normalized spacial score (nSPS) is 11.2. The van der Waals surface area contributed by atoms with Crippen molar-refractivity contribution < 1.29 is 18.7 Å². The maximum atomic E-state index is 13.9. The van der Waals surface area contributed by atoms with Gasteiger partial charge in [-0.3, -0.25) is 10.1 Å². The molecular formula is C25H17ClFN3O3S. The first kappa shape index (κ1) is 23.2. The van der Waals surface area contributed by atoms with E-state index in [-0.39, 0.29) is 28.7 Å². The van der Waals surface area contributed by atoms with Gasteiger partial charge in [-0.1, -0.05) is 53.3 Å². The van der Waals surface area contributed by atoms with Crippen molar-refractivity contribution in [3.63, 3.8) is 0 Å². The molecule has 0 fully saturated rings. The SMILES string of the molecule is COc1cc(/C=C(\C#N)C(=O)Nc2nc3ccccc3s2)cc(Cl)c1OCc1ccccc1F. The van der Waals surface area contributed by atoms with E-state index in [2.05, 4.69) is 10.3 Å². The summed E-state index contributed by atoms with van der Waals surface area (Å²) in [6.45, 7) is -0.0496. The van der Waals surface area contributed by atoms with E-state index in [0.717, 1.165) is 10.2 Å². The second-order valence-electron chi connectivity index (χ2n) is 7.02. The number of nitrogens with one attached hydrogen (secondary N) is 1. The summed E-state index contributed by atoms with van der Waals surface area (Å²) in [4.78, 5) is 17.0. The van der Waals surface area contributed by atoms with E-state index in [9.17, 15) is 14.4 Å². The van der Waals surface area contributed by atoms with Gasteiger partial charge in [-0.15, -0.1) is 0 Å². The summed E-state index contributed by atoms with van der Waals surface area (Å²) >= 11 is 7.69. The number of hydrogen-bond donors (Lipinski definition) is 1. The van der Waals surface area contributed by atoms with E-state index in [1.54, 1.807) is 24.3 Å². The maximum absolute atomic E-state index is 13.9. The Labute approximate surface area is 203 Å². The van der Waals surface area contributed by atoms with Crippen molar-refractivity contribution in [3.8, 4) is 17.6 Å². The number of nitriles is 1. The highest BCUT2D eigenvalue weighted by Crippen LogP contribution is 2.37. The van der Waals surface area contributed by atoms with Crippen LogP contribution in [0.1, 0.15) is 11.1 Å². The number of nitrogens with zero attached hydrogens (tertiary/aromatic N) is 2. The first-order chi connectivity index (χ1) is 16.5. The number of methoxy groups -OCH3 is 1. The fourth-order valence-corrected chi connectivity index (χ4v) is 4.27. The van der Waals surface area contributed by atoms with Crippen molar-refractivity contribution in [2.24, 2.45) is 0 Å². The topological polar surface area (TPSA) is 84.2 Å². The molecule has 4 rings (SSSR count). The predicted octanol–water partition coefficient (Wildman–Crippen LogP) is 6.22. The summed E-state index contributed by atoms with van der Waals surface area (Å²) in [6.07, 6.45) is 1.39. The Morgan fingerprint density at radius 1 is 1.24 bits per heavy atom. The third-order valence-corrected chi connectivity index (χ3v) is 6.00. The molecule has 34 heavy (non-hydrogen) atoms. The van der Waals surface area contributed by atoms with Gasteiger partial charge >= 0.3 is 0 Å². The minimum Gasteiger partial charge on any atom is -0.493 e. The highest BCUT2D eigenvalue weighted by Gasteiger charge is 2.16. The van der Waals surface area contributed by atoms with Gasteiger partial charge in [-0.2, -0.15) is 5.26 Å². The van der Waals surface area contributed by atoms with Gasteiger partial charge in [-0.25, -0.2) is 9.37 Å². The number of para-hydroxylation sites is 1. The molecule has 0 saturated carbocycles. The molecule has 1 N–H and O–H groups in total. The van der Waals surface area contributed by atoms with Crippen LogP contribution in [0.25, 0.3) is 16.3 Å². The average molecular weight is 494 g/mol. The van der Waals surface area contributed by atoms with Gasteiger partial charge in [-0.05, 0) is 42.0 Å². The molecule has 0 atom stereocenters. The van der Waals surface area contributed by atoms with Crippen molar-refractivity contribution in [1.82, 2.24) is 4.98 Å². The van der Waals surface area contributed by atoms with Crippen LogP contribution >= 0.6 is 22.9 Å². The molecule has 0 bridgehead atoms. The molecule has 1 aromatic heterocycles. The maximum Gasteiger partial charge on any atom is 0.268 e. The molecule has 1 heterocycles. The lowest BCUT2D eigenvalue weighted by Crippen LogP contribution is -2.13. The van der Waals surface area contributed by atoms with E-state index in [1.807, 2.05) is 30.3 Å². The van der Waals surface area contributed by atoms with Crippen molar-refractivity contribution >= 4 is 50.3 Å². The van der Waals surface area contributed by atoms with Gasteiger partial charge in [0.1, 0.15) is 24.1 Å². The second kappa shape index (κ2) is 10.3. The molecule has 0 aliphatic heterocycles. The van der Waals surface area contributed by atoms with Crippen molar-refractivity contribution in [2.45, 2.75) is 6.61 Å². The molecule has 170 valence electrons. The Morgan fingerprint density at radius 2 is 2.00 bits per heavy atom. The van der Waals surface area contributed by atoms with Crippen molar-refractivity contribution in [3.05, 3.63) is 88.2 Å². The van der Waals surface area contributed by atoms with Crippen LogP contribution in [0, 0.1) is 17.1 Å². The Hall–Kier alpha value is -3.93. The molecule has 0 aliphatic rings. The van der Waals surface area contributed by atoms with Crippen molar-refractivity contribution in [1.29, 1.82) is 5.26 Å². The number of fused-ring (bicyclic) bond motifs is 1. The van der Waals surface area contributed by atoms with Crippen LogP contribution in [0.3, 0.4) is 0 Å². The van der Waals surface area contributed by atoms with Gasteiger partial charge in [0, 0.05) is 5.56 Å². The van der Waals surface area contributed by atoms with E-state index < -0.39 is 11.7 Å². The van der Waals surface area contributed by atoms with Crippen LogP contribution in [0.4, 0.5) is 9.52 Å². The summed E-state index contributed by atoms with van der Waals surface area (Å²) in [6, 6.07) is 18.7. The first-order valence-electron chi connectivity index (χ1n) is 10.0. The highest BCUT2D eigenvalue weighted by atomic mass is 35.5. The molecule has 0 unspecified atom stereocenters. The molecule has 9 heteroatoms. The third-order valence-electron chi connectivity index (χ3n) is 4.77. The number of aromatic nitrogens is 1. The summed E-state index contributed by atoms with van der Waals surface area (Å²) in [5.41, 5.74) is 1.43. The Balaban J connectivity index is 1.55. The molecule has 0 radical (unpaired) electrons. The zero-order chi connectivity index (χ0) is 24.1.